The van der Waals surface area contributed by atoms with Gasteiger partial charge in [-0.15, -0.1) is 0 Å². The first kappa shape index (κ1) is 15.1. The Hall–Kier alpha value is -1.30. The van der Waals surface area contributed by atoms with E-state index < -0.39 is 0 Å². The minimum atomic E-state index is -0.180. The van der Waals surface area contributed by atoms with Crippen molar-refractivity contribution in [3.63, 3.8) is 0 Å². The van der Waals surface area contributed by atoms with Crippen LogP contribution in [-0.2, 0) is 4.79 Å². The fraction of sp³-hybridized carbons (Fsp3) is 0.500. The van der Waals surface area contributed by atoms with Crippen LogP contribution in [0.1, 0.15) is 6.92 Å². The maximum atomic E-state index is 12.3. The molecule has 0 saturated carbocycles. The van der Waals surface area contributed by atoms with E-state index in [1.165, 1.54) is 0 Å². The summed E-state index contributed by atoms with van der Waals surface area (Å²) in [5.74, 6) is 0.558. The first-order chi connectivity index (χ1) is 9.61. The number of nitrogens with zero attached hydrogens (tertiary/aromatic N) is 1. The largest absolute Gasteiger partial charge is 0.495 e. The minimum Gasteiger partial charge on any atom is -0.495 e. The van der Waals surface area contributed by atoms with Crippen molar-refractivity contribution in [3.05, 3.63) is 23.2 Å². The fourth-order valence-electron chi connectivity index (χ4n) is 2.25. The van der Waals surface area contributed by atoms with Crippen LogP contribution < -0.4 is 15.4 Å². The number of halogens is 1. The number of rotatable bonds is 4. The standard InChI is InChI=1S/C14H20ClN3O2/c1-10(18-7-5-16-6-8-18)14(19)17-12-9-11(15)3-4-13(12)20-2/h3-4,9-10,16H,5-8H2,1-2H3,(H,17,19). The minimum absolute atomic E-state index is 0.0486. The molecule has 0 spiro atoms. The van der Waals surface area contributed by atoms with Crippen LogP contribution in [0, 0.1) is 0 Å². The molecule has 0 radical (unpaired) electrons. The number of carbonyl (C=O) groups excluding carboxylic acids is 1. The highest BCUT2D eigenvalue weighted by atomic mass is 35.5. The maximum Gasteiger partial charge on any atom is 0.241 e. The number of nitrogens with one attached hydrogen (secondary N) is 2. The normalized spacial score (nSPS) is 17.6. The summed E-state index contributed by atoms with van der Waals surface area (Å²) in [5, 5.41) is 6.73. The van der Waals surface area contributed by atoms with Crippen molar-refractivity contribution in [2.45, 2.75) is 13.0 Å². The molecular formula is C14H20ClN3O2. The Bertz CT molecular complexity index is 475. The molecule has 5 nitrogen and oxygen atoms in total. The molecule has 2 N–H and O–H groups in total. The lowest BCUT2D eigenvalue weighted by Crippen LogP contribution is -2.51. The number of carbonyl (C=O) groups is 1. The van der Waals surface area contributed by atoms with Gasteiger partial charge in [-0.05, 0) is 25.1 Å². The molecule has 0 aromatic heterocycles. The molecule has 1 saturated heterocycles. The van der Waals surface area contributed by atoms with E-state index in [4.69, 9.17) is 16.3 Å². The molecule has 0 bridgehead atoms. The summed E-state index contributed by atoms with van der Waals surface area (Å²) < 4.78 is 5.23. The van der Waals surface area contributed by atoms with Crippen LogP contribution in [0.25, 0.3) is 0 Å². The van der Waals surface area contributed by atoms with Crippen molar-refractivity contribution in [2.24, 2.45) is 0 Å². The van der Waals surface area contributed by atoms with Crippen LogP contribution in [0.15, 0.2) is 18.2 Å². The second-order valence-corrected chi connectivity index (χ2v) is 5.23. The van der Waals surface area contributed by atoms with E-state index >= 15 is 0 Å². The van der Waals surface area contributed by atoms with Crippen LogP contribution in [0.4, 0.5) is 5.69 Å². The van der Waals surface area contributed by atoms with Crippen LogP contribution in [0.5, 0.6) is 5.75 Å². The summed E-state index contributed by atoms with van der Waals surface area (Å²) in [7, 11) is 1.57. The SMILES string of the molecule is COc1ccc(Cl)cc1NC(=O)C(C)N1CCNCC1. The second kappa shape index (κ2) is 6.92. The maximum absolute atomic E-state index is 12.3. The summed E-state index contributed by atoms with van der Waals surface area (Å²) in [6.07, 6.45) is 0. The third-order valence-electron chi connectivity index (χ3n) is 3.50. The summed E-state index contributed by atoms with van der Waals surface area (Å²) in [5.41, 5.74) is 0.604. The Labute approximate surface area is 124 Å². The smallest absolute Gasteiger partial charge is 0.241 e. The molecule has 2 rings (SSSR count). The molecule has 1 aromatic carbocycles. The monoisotopic (exact) mass is 297 g/mol. The van der Waals surface area contributed by atoms with Crippen molar-refractivity contribution in [1.82, 2.24) is 10.2 Å². The lowest BCUT2D eigenvalue weighted by molar-refractivity contribution is -0.121. The summed E-state index contributed by atoms with van der Waals surface area (Å²) >= 11 is 5.96. The van der Waals surface area contributed by atoms with Gasteiger partial charge in [0, 0.05) is 31.2 Å². The second-order valence-electron chi connectivity index (χ2n) is 4.80. The van der Waals surface area contributed by atoms with E-state index in [9.17, 15) is 4.79 Å². The summed E-state index contributed by atoms with van der Waals surface area (Å²) in [6, 6.07) is 4.99. The predicted molar refractivity (Wildman–Crippen MR) is 80.5 cm³/mol. The molecule has 1 amide bonds. The first-order valence-electron chi connectivity index (χ1n) is 6.71. The summed E-state index contributed by atoms with van der Waals surface area (Å²) in [4.78, 5) is 14.5. The lowest BCUT2D eigenvalue weighted by Gasteiger charge is -2.31. The van der Waals surface area contributed by atoms with Gasteiger partial charge < -0.3 is 15.4 Å². The number of amides is 1. The molecule has 1 unspecified atom stereocenters. The molecule has 1 aliphatic rings. The Morgan fingerprint density at radius 2 is 2.15 bits per heavy atom. The Morgan fingerprint density at radius 3 is 2.80 bits per heavy atom. The van der Waals surface area contributed by atoms with E-state index in [0.717, 1.165) is 26.2 Å². The number of hydrogen-bond donors (Lipinski definition) is 2. The van der Waals surface area contributed by atoms with Crippen LogP contribution in [-0.4, -0.2) is 50.1 Å². The zero-order chi connectivity index (χ0) is 14.5. The average Bonchev–Trinajstić information content (AvgIpc) is 2.47. The van der Waals surface area contributed by atoms with Crippen LogP contribution in [0.2, 0.25) is 5.02 Å². The molecule has 110 valence electrons. The topological polar surface area (TPSA) is 53.6 Å². The van der Waals surface area contributed by atoms with E-state index in [1.807, 2.05) is 6.92 Å². The van der Waals surface area contributed by atoms with E-state index in [2.05, 4.69) is 15.5 Å². The number of piperazine rings is 1. The molecule has 1 atom stereocenters. The van der Waals surface area contributed by atoms with Crippen LogP contribution >= 0.6 is 11.6 Å². The van der Waals surface area contributed by atoms with E-state index in [1.54, 1.807) is 25.3 Å². The molecule has 1 fully saturated rings. The molecule has 1 aromatic rings. The zero-order valence-electron chi connectivity index (χ0n) is 11.8. The van der Waals surface area contributed by atoms with Crippen molar-refractivity contribution in [2.75, 3.05) is 38.6 Å². The number of anilines is 1. The van der Waals surface area contributed by atoms with Gasteiger partial charge in [0.25, 0.3) is 0 Å². The van der Waals surface area contributed by atoms with Gasteiger partial charge in [0.05, 0.1) is 18.8 Å². The van der Waals surface area contributed by atoms with Gasteiger partial charge in [-0.25, -0.2) is 0 Å². The molecule has 1 heterocycles. The first-order valence-corrected chi connectivity index (χ1v) is 7.09. The Morgan fingerprint density at radius 1 is 1.45 bits per heavy atom. The summed E-state index contributed by atoms with van der Waals surface area (Å²) in [6.45, 7) is 5.50. The van der Waals surface area contributed by atoms with Gasteiger partial charge in [-0.2, -0.15) is 0 Å². The highest BCUT2D eigenvalue weighted by Crippen LogP contribution is 2.27. The lowest BCUT2D eigenvalue weighted by atomic mass is 10.2. The highest BCUT2D eigenvalue weighted by Gasteiger charge is 2.23. The van der Waals surface area contributed by atoms with Gasteiger partial charge in [0.15, 0.2) is 0 Å². The number of benzene rings is 1. The Kier molecular flexibility index (Phi) is 5.23. The number of ether oxygens (including phenoxy) is 1. The molecule has 20 heavy (non-hydrogen) atoms. The third-order valence-corrected chi connectivity index (χ3v) is 3.73. The molecule has 0 aliphatic carbocycles. The quantitative estimate of drug-likeness (QED) is 0.886. The fourth-order valence-corrected chi connectivity index (χ4v) is 2.42. The number of hydrogen-bond acceptors (Lipinski definition) is 4. The van der Waals surface area contributed by atoms with Gasteiger partial charge in [0.1, 0.15) is 5.75 Å². The van der Waals surface area contributed by atoms with Crippen molar-refractivity contribution >= 4 is 23.2 Å². The van der Waals surface area contributed by atoms with Gasteiger partial charge >= 0.3 is 0 Å². The van der Waals surface area contributed by atoms with Gasteiger partial charge in [-0.3, -0.25) is 9.69 Å². The van der Waals surface area contributed by atoms with Crippen molar-refractivity contribution in [3.8, 4) is 5.75 Å². The molecule has 6 heteroatoms. The molecular weight excluding hydrogens is 278 g/mol. The Balaban J connectivity index is 2.05. The van der Waals surface area contributed by atoms with Crippen molar-refractivity contribution < 1.29 is 9.53 Å². The molecule has 1 aliphatic heterocycles. The van der Waals surface area contributed by atoms with Gasteiger partial charge in [0.2, 0.25) is 5.91 Å². The highest BCUT2D eigenvalue weighted by molar-refractivity contribution is 6.31. The average molecular weight is 298 g/mol. The van der Waals surface area contributed by atoms with Gasteiger partial charge in [-0.1, -0.05) is 11.6 Å². The van der Waals surface area contributed by atoms with E-state index in [0.29, 0.717) is 16.5 Å². The predicted octanol–water partition coefficient (Wildman–Crippen LogP) is 1.58. The van der Waals surface area contributed by atoms with Crippen molar-refractivity contribution in [1.29, 1.82) is 0 Å². The van der Waals surface area contributed by atoms with Crippen LogP contribution in [0.3, 0.4) is 0 Å². The number of methoxy groups -OCH3 is 1. The third kappa shape index (κ3) is 3.62. The zero-order valence-corrected chi connectivity index (χ0v) is 12.5. The van der Waals surface area contributed by atoms with E-state index in [-0.39, 0.29) is 11.9 Å².